The molecule has 0 aliphatic rings. The fraction of sp³-hybridized carbons (Fsp3) is 0.188. The van der Waals surface area contributed by atoms with Crippen LogP contribution in [0.1, 0.15) is 23.1 Å². The topological polar surface area (TPSA) is 38.9 Å². The molecule has 19 heavy (non-hydrogen) atoms. The summed E-state index contributed by atoms with van der Waals surface area (Å²) in [6.45, 7) is 2.18. The molecule has 0 aliphatic heterocycles. The Morgan fingerprint density at radius 3 is 2.53 bits per heavy atom. The number of nitrogens with two attached hydrogens (primary N) is 1. The number of aromatic nitrogens is 1. The van der Waals surface area contributed by atoms with E-state index < -0.39 is 0 Å². The maximum absolute atomic E-state index is 5.70. The molecule has 0 amide bonds. The normalized spacial score (nSPS) is 11.0. The van der Waals surface area contributed by atoms with Crippen LogP contribution in [0.25, 0.3) is 10.2 Å². The monoisotopic (exact) mass is 268 g/mol. The Kier molecular flexibility index (Phi) is 3.22. The van der Waals surface area contributed by atoms with E-state index in [0.29, 0.717) is 0 Å². The minimum Gasteiger partial charge on any atom is -0.399 e. The van der Waals surface area contributed by atoms with Gasteiger partial charge in [0.25, 0.3) is 0 Å². The van der Waals surface area contributed by atoms with Crippen LogP contribution in [0, 0.1) is 0 Å². The van der Waals surface area contributed by atoms with Gasteiger partial charge in [0.05, 0.1) is 15.2 Å². The molecule has 96 valence electrons. The van der Waals surface area contributed by atoms with Gasteiger partial charge in [-0.05, 0) is 41.8 Å². The van der Waals surface area contributed by atoms with Gasteiger partial charge in [-0.25, -0.2) is 4.98 Å². The number of aryl methyl sites for hydroxylation is 1. The van der Waals surface area contributed by atoms with E-state index in [4.69, 9.17) is 10.7 Å². The average Bonchev–Trinajstić information content (AvgIpc) is 2.82. The molecule has 3 aromatic rings. The van der Waals surface area contributed by atoms with Gasteiger partial charge in [0, 0.05) is 12.1 Å². The van der Waals surface area contributed by atoms with Crippen molar-refractivity contribution >= 4 is 27.2 Å². The zero-order valence-corrected chi connectivity index (χ0v) is 11.7. The van der Waals surface area contributed by atoms with E-state index in [9.17, 15) is 0 Å². The summed E-state index contributed by atoms with van der Waals surface area (Å²) in [5, 5.41) is 1.16. The summed E-state index contributed by atoms with van der Waals surface area (Å²) in [6, 6.07) is 14.6. The minimum absolute atomic E-state index is 0.806. The van der Waals surface area contributed by atoms with Crippen LogP contribution in [-0.4, -0.2) is 4.98 Å². The van der Waals surface area contributed by atoms with Crippen LogP contribution in [0.4, 0.5) is 5.69 Å². The van der Waals surface area contributed by atoms with Crippen LogP contribution in [-0.2, 0) is 12.8 Å². The molecule has 1 heterocycles. The van der Waals surface area contributed by atoms with Gasteiger partial charge in [0.1, 0.15) is 0 Å². The first-order valence-electron chi connectivity index (χ1n) is 6.47. The Balaban J connectivity index is 1.90. The largest absolute Gasteiger partial charge is 0.399 e. The Morgan fingerprint density at radius 1 is 1.05 bits per heavy atom. The Bertz CT molecular complexity index is 698. The lowest BCUT2D eigenvalue weighted by Crippen LogP contribution is -1.88. The maximum atomic E-state index is 5.70. The van der Waals surface area contributed by atoms with Crippen molar-refractivity contribution in [2.24, 2.45) is 0 Å². The number of benzene rings is 2. The van der Waals surface area contributed by atoms with Gasteiger partial charge in [0.2, 0.25) is 0 Å². The predicted octanol–water partition coefficient (Wildman–Crippen LogP) is 4.03. The van der Waals surface area contributed by atoms with Gasteiger partial charge >= 0.3 is 0 Å². The van der Waals surface area contributed by atoms with E-state index in [-0.39, 0.29) is 0 Å². The van der Waals surface area contributed by atoms with Crippen molar-refractivity contribution in [1.29, 1.82) is 0 Å². The van der Waals surface area contributed by atoms with Crippen molar-refractivity contribution in [3.63, 3.8) is 0 Å². The molecule has 3 heteroatoms. The summed E-state index contributed by atoms with van der Waals surface area (Å²) in [4.78, 5) is 4.69. The van der Waals surface area contributed by atoms with Gasteiger partial charge in [-0.1, -0.05) is 25.1 Å². The van der Waals surface area contributed by atoms with Gasteiger partial charge in [-0.15, -0.1) is 11.3 Å². The smallest absolute Gasteiger partial charge is 0.0982 e. The Morgan fingerprint density at radius 2 is 1.79 bits per heavy atom. The highest BCUT2D eigenvalue weighted by atomic mass is 32.1. The first-order chi connectivity index (χ1) is 9.24. The van der Waals surface area contributed by atoms with Crippen LogP contribution in [0.2, 0.25) is 0 Å². The Labute approximate surface area is 116 Å². The first-order valence-corrected chi connectivity index (χ1v) is 7.29. The number of nitrogen functional groups attached to an aromatic ring is 1. The van der Waals surface area contributed by atoms with Crippen molar-refractivity contribution < 1.29 is 0 Å². The second-order valence-corrected chi connectivity index (χ2v) is 5.80. The second-order valence-electron chi connectivity index (χ2n) is 4.68. The zero-order valence-electron chi connectivity index (χ0n) is 10.9. The van der Waals surface area contributed by atoms with Crippen molar-refractivity contribution in [2.45, 2.75) is 19.8 Å². The van der Waals surface area contributed by atoms with Crippen molar-refractivity contribution in [3.8, 4) is 0 Å². The number of nitrogens with zero attached hydrogens (tertiary/aromatic N) is 1. The molecule has 2 N–H and O–H groups in total. The standard InChI is InChI=1S/C16H16N2S/c1-2-11-5-8-14-15(9-11)19-16(18-14)10-12-3-6-13(17)7-4-12/h3-9H,2,10,17H2,1H3. The second kappa shape index (κ2) is 5.02. The summed E-state index contributed by atoms with van der Waals surface area (Å²) >= 11 is 1.78. The first kappa shape index (κ1) is 12.2. The lowest BCUT2D eigenvalue weighted by molar-refractivity contribution is 1.14. The average molecular weight is 268 g/mol. The van der Waals surface area contributed by atoms with Crippen molar-refractivity contribution in [3.05, 3.63) is 58.6 Å². The number of hydrogen-bond acceptors (Lipinski definition) is 3. The van der Waals surface area contributed by atoms with E-state index >= 15 is 0 Å². The third kappa shape index (κ3) is 2.61. The van der Waals surface area contributed by atoms with Crippen LogP contribution in [0.3, 0.4) is 0 Å². The molecular formula is C16H16N2S. The summed E-state index contributed by atoms with van der Waals surface area (Å²) in [7, 11) is 0. The number of rotatable bonds is 3. The van der Waals surface area contributed by atoms with Crippen LogP contribution in [0.15, 0.2) is 42.5 Å². The lowest BCUT2D eigenvalue weighted by Gasteiger charge is -1.98. The lowest BCUT2D eigenvalue weighted by atomic mass is 10.1. The summed E-state index contributed by atoms with van der Waals surface area (Å²) in [6.07, 6.45) is 1.95. The SMILES string of the molecule is CCc1ccc2nc(Cc3ccc(N)cc3)sc2c1. The van der Waals surface area contributed by atoms with Gasteiger partial charge < -0.3 is 5.73 Å². The highest BCUT2D eigenvalue weighted by Crippen LogP contribution is 2.25. The number of thiazole rings is 1. The van der Waals surface area contributed by atoms with Crippen LogP contribution < -0.4 is 5.73 Å². The summed E-state index contributed by atoms with van der Waals surface area (Å²) < 4.78 is 1.28. The highest BCUT2D eigenvalue weighted by Gasteiger charge is 2.05. The molecule has 0 bridgehead atoms. The van der Waals surface area contributed by atoms with E-state index in [1.54, 1.807) is 11.3 Å². The molecule has 2 aromatic carbocycles. The molecule has 0 spiro atoms. The predicted molar refractivity (Wildman–Crippen MR) is 82.7 cm³/mol. The summed E-state index contributed by atoms with van der Waals surface area (Å²) in [5.74, 6) is 0. The van der Waals surface area contributed by atoms with E-state index in [0.717, 1.165) is 29.1 Å². The molecule has 1 aromatic heterocycles. The number of anilines is 1. The summed E-state index contributed by atoms with van der Waals surface area (Å²) in [5.41, 5.74) is 10.2. The van der Waals surface area contributed by atoms with Crippen molar-refractivity contribution in [1.82, 2.24) is 4.98 Å². The zero-order chi connectivity index (χ0) is 13.2. The van der Waals surface area contributed by atoms with Gasteiger partial charge in [-0.2, -0.15) is 0 Å². The molecule has 0 aliphatic carbocycles. The molecular weight excluding hydrogens is 252 g/mol. The molecule has 3 rings (SSSR count). The third-order valence-corrected chi connectivity index (χ3v) is 4.26. The van der Waals surface area contributed by atoms with E-state index in [1.807, 2.05) is 12.1 Å². The van der Waals surface area contributed by atoms with Crippen molar-refractivity contribution in [2.75, 3.05) is 5.73 Å². The fourth-order valence-corrected chi connectivity index (χ4v) is 3.19. The highest BCUT2D eigenvalue weighted by molar-refractivity contribution is 7.18. The molecule has 0 saturated carbocycles. The number of fused-ring (bicyclic) bond motifs is 1. The van der Waals surface area contributed by atoms with E-state index in [2.05, 4.69) is 37.3 Å². The fourth-order valence-electron chi connectivity index (χ4n) is 2.12. The molecule has 0 radical (unpaired) electrons. The minimum atomic E-state index is 0.806. The third-order valence-electron chi connectivity index (χ3n) is 3.24. The molecule has 0 saturated heterocycles. The molecule has 0 fully saturated rings. The molecule has 2 nitrogen and oxygen atoms in total. The quantitative estimate of drug-likeness (QED) is 0.728. The van der Waals surface area contributed by atoms with Crippen LogP contribution >= 0.6 is 11.3 Å². The van der Waals surface area contributed by atoms with E-state index in [1.165, 1.54) is 15.8 Å². The molecule has 0 unspecified atom stereocenters. The Hall–Kier alpha value is -1.87. The van der Waals surface area contributed by atoms with Gasteiger partial charge in [-0.3, -0.25) is 0 Å². The molecule has 0 atom stereocenters. The van der Waals surface area contributed by atoms with Crippen LogP contribution in [0.5, 0.6) is 0 Å². The number of hydrogen-bond donors (Lipinski definition) is 1. The van der Waals surface area contributed by atoms with Gasteiger partial charge in [0.15, 0.2) is 0 Å². The maximum Gasteiger partial charge on any atom is 0.0982 e.